The Bertz CT molecular complexity index is 1090. The molecule has 1 amide bonds. The van der Waals surface area contributed by atoms with Gasteiger partial charge in [0, 0.05) is 12.2 Å². The summed E-state index contributed by atoms with van der Waals surface area (Å²) < 4.78 is 16.2. The van der Waals surface area contributed by atoms with Crippen molar-refractivity contribution in [3.8, 4) is 11.5 Å². The number of hydrogen-bond donors (Lipinski definition) is 3. The molecule has 10 heteroatoms. The maximum atomic E-state index is 13.2. The summed E-state index contributed by atoms with van der Waals surface area (Å²) in [5.74, 6) is -0.0190. The van der Waals surface area contributed by atoms with Crippen LogP contribution in [-0.2, 0) is 20.9 Å². The fraction of sp³-hybridized carbons (Fsp3) is 0.261. The summed E-state index contributed by atoms with van der Waals surface area (Å²) in [6.07, 6.45) is 0. The van der Waals surface area contributed by atoms with Crippen molar-refractivity contribution in [2.24, 2.45) is 0 Å². The third-order valence-corrected chi connectivity index (χ3v) is 5.77. The number of esters is 1. The molecule has 0 spiro atoms. The quantitative estimate of drug-likeness (QED) is 0.351. The van der Waals surface area contributed by atoms with E-state index in [0.29, 0.717) is 38.9 Å². The molecule has 3 N–H and O–H groups in total. The van der Waals surface area contributed by atoms with Crippen LogP contribution in [0.1, 0.15) is 24.1 Å². The van der Waals surface area contributed by atoms with Crippen molar-refractivity contribution in [1.82, 2.24) is 16.0 Å². The zero-order valence-electron chi connectivity index (χ0n) is 18.4. The molecule has 1 atom stereocenters. The summed E-state index contributed by atoms with van der Waals surface area (Å²) in [4.78, 5) is 24.7. The van der Waals surface area contributed by atoms with Crippen LogP contribution in [0.15, 0.2) is 58.2 Å². The summed E-state index contributed by atoms with van der Waals surface area (Å²) in [5, 5.41) is 9.55. The molecule has 0 fully saturated rings. The number of halogens is 1. The number of rotatable bonds is 8. The second kappa shape index (κ2) is 11.2. The third-order valence-electron chi connectivity index (χ3n) is 4.96. The number of benzene rings is 2. The van der Waals surface area contributed by atoms with Crippen LogP contribution in [0.5, 0.6) is 11.5 Å². The van der Waals surface area contributed by atoms with Gasteiger partial charge >= 0.3 is 5.97 Å². The van der Waals surface area contributed by atoms with Gasteiger partial charge < -0.3 is 30.2 Å². The number of methoxy groups -OCH3 is 2. The maximum Gasteiger partial charge on any atom is 0.343 e. The first-order valence-corrected chi connectivity index (χ1v) is 11.2. The number of hydrogen-bond acceptors (Lipinski definition) is 6. The minimum absolute atomic E-state index is 0.232. The van der Waals surface area contributed by atoms with E-state index < -0.39 is 12.0 Å². The number of allylic oxidation sites excluding steroid dienone is 1. The van der Waals surface area contributed by atoms with E-state index >= 15 is 0 Å². The average Bonchev–Trinajstić information content (AvgIpc) is 2.81. The predicted molar refractivity (Wildman–Crippen MR) is 131 cm³/mol. The molecule has 1 heterocycles. The highest BCUT2D eigenvalue weighted by atomic mass is 79.9. The van der Waals surface area contributed by atoms with Gasteiger partial charge in [0.25, 0.3) is 5.91 Å². The van der Waals surface area contributed by atoms with Crippen molar-refractivity contribution in [1.29, 1.82) is 0 Å². The number of nitrogens with one attached hydrogen (secondary N) is 3. The molecule has 0 radical (unpaired) electrons. The summed E-state index contributed by atoms with van der Waals surface area (Å²) in [7, 11) is 2.78. The lowest BCUT2D eigenvalue weighted by Crippen LogP contribution is -2.46. The normalized spacial score (nSPS) is 15.3. The van der Waals surface area contributed by atoms with E-state index in [1.165, 1.54) is 14.2 Å². The van der Waals surface area contributed by atoms with Crippen LogP contribution in [0, 0.1) is 0 Å². The van der Waals surface area contributed by atoms with Gasteiger partial charge in [-0.25, -0.2) is 4.79 Å². The maximum absolute atomic E-state index is 13.2. The molecule has 33 heavy (non-hydrogen) atoms. The lowest BCUT2D eigenvalue weighted by molar-refractivity contribution is -0.143. The Morgan fingerprint density at radius 3 is 2.58 bits per heavy atom. The summed E-state index contributed by atoms with van der Waals surface area (Å²) in [6, 6.07) is 12.7. The lowest BCUT2D eigenvalue weighted by Gasteiger charge is -2.31. The minimum atomic E-state index is -0.533. The molecule has 0 bridgehead atoms. The Morgan fingerprint density at radius 2 is 1.91 bits per heavy atom. The molecular formula is C23H24BrN3O5S. The molecule has 0 unspecified atom stereocenters. The van der Waals surface area contributed by atoms with E-state index in [1.54, 1.807) is 19.1 Å². The Balaban J connectivity index is 1.90. The smallest absolute Gasteiger partial charge is 0.343 e. The fourth-order valence-corrected chi connectivity index (χ4v) is 4.20. The highest BCUT2D eigenvalue weighted by molar-refractivity contribution is 9.10. The highest BCUT2D eigenvalue weighted by Crippen LogP contribution is 2.40. The van der Waals surface area contributed by atoms with E-state index in [4.69, 9.17) is 21.7 Å². The third kappa shape index (κ3) is 6.02. The Kier molecular flexibility index (Phi) is 8.29. The van der Waals surface area contributed by atoms with Gasteiger partial charge in [-0.2, -0.15) is 0 Å². The first kappa shape index (κ1) is 24.5. The fourth-order valence-electron chi connectivity index (χ4n) is 3.35. The summed E-state index contributed by atoms with van der Waals surface area (Å²) >= 11 is 8.81. The molecule has 3 rings (SSSR count). The molecule has 0 saturated heterocycles. The van der Waals surface area contributed by atoms with Crippen LogP contribution in [0.4, 0.5) is 0 Å². The van der Waals surface area contributed by atoms with E-state index in [-0.39, 0.29) is 12.5 Å². The van der Waals surface area contributed by atoms with Gasteiger partial charge in [0.05, 0.1) is 30.3 Å². The summed E-state index contributed by atoms with van der Waals surface area (Å²) in [6.45, 7) is 1.92. The molecule has 174 valence electrons. The zero-order valence-corrected chi connectivity index (χ0v) is 20.8. The Labute approximate surface area is 205 Å². The number of amides is 1. The highest BCUT2D eigenvalue weighted by Gasteiger charge is 2.31. The van der Waals surface area contributed by atoms with E-state index in [2.05, 4.69) is 36.6 Å². The predicted octanol–water partition coefficient (Wildman–Crippen LogP) is 3.12. The van der Waals surface area contributed by atoms with Crippen LogP contribution in [-0.4, -0.2) is 37.8 Å². The number of ether oxygens (including phenoxy) is 3. The van der Waals surface area contributed by atoms with Gasteiger partial charge in [0.15, 0.2) is 23.2 Å². The largest absolute Gasteiger partial charge is 0.493 e. The van der Waals surface area contributed by atoms with Crippen LogP contribution in [0.25, 0.3) is 0 Å². The van der Waals surface area contributed by atoms with Crippen molar-refractivity contribution in [2.45, 2.75) is 19.5 Å². The van der Waals surface area contributed by atoms with Gasteiger partial charge in [-0.3, -0.25) is 4.79 Å². The van der Waals surface area contributed by atoms with E-state index in [0.717, 1.165) is 11.1 Å². The standard InChI is InChI=1S/C23H24BrN3O5S/c1-13-19(22(29)25-11-14-7-5-4-6-8-14)20(27-23(33)26-13)15-9-16(24)21(17(10-15)30-2)32-12-18(28)31-3/h4-10,20H,11-12H2,1-3H3,(H,25,29)(H2,26,27,33)/t20-/m0/s1. The monoisotopic (exact) mass is 533 g/mol. The molecule has 1 aliphatic heterocycles. The van der Waals surface area contributed by atoms with Crippen LogP contribution in [0.2, 0.25) is 0 Å². The molecule has 2 aromatic carbocycles. The summed E-state index contributed by atoms with van der Waals surface area (Å²) in [5.41, 5.74) is 2.86. The van der Waals surface area contributed by atoms with Crippen molar-refractivity contribution in [2.75, 3.05) is 20.8 Å². The Hall–Kier alpha value is -3.11. The molecule has 2 aromatic rings. The van der Waals surface area contributed by atoms with Gasteiger partial charge in [-0.05, 0) is 58.3 Å². The topological polar surface area (TPSA) is 97.9 Å². The van der Waals surface area contributed by atoms with Crippen molar-refractivity contribution >= 4 is 45.1 Å². The first-order valence-electron chi connectivity index (χ1n) is 10.0. The second-order valence-corrected chi connectivity index (χ2v) is 8.40. The zero-order chi connectivity index (χ0) is 24.0. The molecule has 0 aliphatic carbocycles. The van der Waals surface area contributed by atoms with Gasteiger partial charge in [-0.15, -0.1) is 0 Å². The van der Waals surface area contributed by atoms with Gasteiger partial charge in [0.1, 0.15) is 0 Å². The van der Waals surface area contributed by atoms with E-state index in [1.807, 2.05) is 30.3 Å². The SMILES string of the molecule is COC(=O)COc1c(Br)cc([C@@H]2NC(=S)NC(C)=C2C(=O)NCc2ccccc2)cc1OC. The second-order valence-electron chi connectivity index (χ2n) is 7.14. The Morgan fingerprint density at radius 1 is 1.18 bits per heavy atom. The molecule has 0 aromatic heterocycles. The lowest BCUT2D eigenvalue weighted by atomic mass is 9.94. The van der Waals surface area contributed by atoms with Crippen LogP contribution in [0.3, 0.4) is 0 Å². The van der Waals surface area contributed by atoms with Crippen molar-refractivity contribution in [3.63, 3.8) is 0 Å². The van der Waals surface area contributed by atoms with Crippen LogP contribution >= 0.6 is 28.1 Å². The van der Waals surface area contributed by atoms with Gasteiger partial charge in [0.2, 0.25) is 0 Å². The minimum Gasteiger partial charge on any atom is -0.493 e. The van der Waals surface area contributed by atoms with Crippen molar-refractivity contribution < 1.29 is 23.8 Å². The number of carbonyl (C=O) groups excluding carboxylic acids is 2. The molecular weight excluding hydrogens is 510 g/mol. The van der Waals surface area contributed by atoms with E-state index in [9.17, 15) is 9.59 Å². The number of carbonyl (C=O) groups is 2. The number of thiocarbonyl (C=S) groups is 1. The van der Waals surface area contributed by atoms with Crippen LogP contribution < -0.4 is 25.4 Å². The van der Waals surface area contributed by atoms with Gasteiger partial charge in [-0.1, -0.05) is 30.3 Å². The molecule has 1 aliphatic rings. The first-order chi connectivity index (χ1) is 15.8. The molecule has 0 saturated carbocycles. The van der Waals surface area contributed by atoms with Crippen molar-refractivity contribution in [3.05, 3.63) is 69.3 Å². The molecule has 8 nitrogen and oxygen atoms in total. The average molecular weight is 534 g/mol.